The van der Waals surface area contributed by atoms with Gasteiger partial charge in [-0.1, -0.05) is 98.8 Å². The highest BCUT2D eigenvalue weighted by molar-refractivity contribution is 6.00. The maximum Gasteiger partial charge on any atom is 0.306 e. The molecule has 2 aromatic rings. The van der Waals surface area contributed by atoms with Crippen molar-refractivity contribution < 1.29 is 33.8 Å². The Morgan fingerprint density at radius 3 is 2.39 bits per heavy atom. The molecule has 10 nitrogen and oxygen atoms in total. The molecule has 2 aromatic carbocycles. The summed E-state index contributed by atoms with van der Waals surface area (Å²) >= 11 is 0. The Kier molecular flexibility index (Phi) is 9.11. The predicted octanol–water partition coefficient (Wildman–Crippen LogP) is 2.93. The number of ether oxygens (including phenoxy) is 2. The Morgan fingerprint density at radius 2 is 1.70 bits per heavy atom. The maximum absolute atomic E-state index is 14.8. The average Bonchev–Trinajstić information content (AvgIpc) is 3.70. The Bertz CT molecular complexity index is 1510. The van der Waals surface area contributed by atoms with Gasteiger partial charge in [0, 0.05) is 19.5 Å². The van der Waals surface area contributed by atoms with Crippen LogP contribution in [0, 0.1) is 17.8 Å². The first kappa shape index (κ1) is 31.7. The van der Waals surface area contributed by atoms with E-state index in [1.165, 1.54) is 4.90 Å². The number of likely N-dealkylation sites (tertiary alicyclic amines) is 1. The Hall–Kier alpha value is -4.28. The van der Waals surface area contributed by atoms with E-state index in [0.29, 0.717) is 6.42 Å². The minimum absolute atomic E-state index is 0.0752. The lowest BCUT2D eigenvalue weighted by atomic mass is 9.74. The third-order valence-corrected chi connectivity index (χ3v) is 9.63. The third kappa shape index (κ3) is 5.76. The summed E-state index contributed by atoms with van der Waals surface area (Å²) in [6, 6.07) is 16.4. The van der Waals surface area contributed by atoms with Gasteiger partial charge in [-0.05, 0) is 23.5 Å². The molecule has 4 aliphatic heterocycles. The van der Waals surface area contributed by atoms with Crippen molar-refractivity contribution in [3.05, 3.63) is 96.1 Å². The first-order valence-corrected chi connectivity index (χ1v) is 16.0. The zero-order valence-corrected chi connectivity index (χ0v) is 26.2. The van der Waals surface area contributed by atoms with Crippen molar-refractivity contribution in [3.8, 4) is 0 Å². The summed E-state index contributed by atoms with van der Waals surface area (Å²) in [6.07, 6.45) is 7.07. The minimum Gasteiger partial charge on any atom is -0.463 e. The second-order valence-electron chi connectivity index (χ2n) is 12.8. The van der Waals surface area contributed by atoms with E-state index in [2.05, 4.69) is 5.32 Å². The van der Waals surface area contributed by atoms with Gasteiger partial charge in [0.15, 0.2) is 0 Å². The lowest BCUT2D eigenvalue weighted by Gasteiger charge is -2.40. The SMILES string of the molecule is CC(C)[C@H](CO)N1C(=O)[C@H]2[C@@H]3C(=O)N[C@H](c4ccccc4)COC(=O)CC/C=C\CN(Cc4ccccc4)C(=O)[C@H]1[C@@]21C=C[C@@H]3O1. The zero-order chi connectivity index (χ0) is 32.4. The van der Waals surface area contributed by atoms with Gasteiger partial charge < -0.3 is 29.7 Å². The zero-order valence-electron chi connectivity index (χ0n) is 26.2. The number of fused-ring (bicyclic) bond motifs is 2. The average molecular weight is 628 g/mol. The highest BCUT2D eigenvalue weighted by Crippen LogP contribution is 2.56. The van der Waals surface area contributed by atoms with E-state index >= 15 is 0 Å². The van der Waals surface area contributed by atoms with Crippen LogP contribution in [0.25, 0.3) is 0 Å². The van der Waals surface area contributed by atoms with E-state index in [4.69, 9.17) is 9.47 Å². The van der Waals surface area contributed by atoms with Gasteiger partial charge in [0.2, 0.25) is 17.7 Å². The van der Waals surface area contributed by atoms with E-state index in [1.54, 1.807) is 17.1 Å². The molecule has 2 fully saturated rings. The number of hydrogen-bond donors (Lipinski definition) is 2. The van der Waals surface area contributed by atoms with Crippen molar-refractivity contribution in [3.63, 3.8) is 0 Å². The molecular weight excluding hydrogens is 586 g/mol. The highest BCUT2D eigenvalue weighted by Gasteiger charge is 2.74. The van der Waals surface area contributed by atoms with Crippen molar-refractivity contribution in [1.82, 2.24) is 15.1 Å². The van der Waals surface area contributed by atoms with E-state index in [-0.39, 0.29) is 44.5 Å². The van der Waals surface area contributed by atoms with Crippen LogP contribution in [0.4, 0.5) is 0 Å². The summed E-state index contributed by atoms with van der Waals surface area (Å²) in [5, 5.41) is 13.6. The fraction of sp³-hybridized carbons (Fsp3) is 0.444. The molecule has 3 amide bonds. The number of nitrogens with one attached hydrogen (secondary N) is 1. The molecule has 7 atom stereocenters. The number of benzene rings is 2. The van der Waals surface area contributed by atoms with Crippen LogP contribution >= 0.6 is 0 Å². The van der Waals surface area contributed by atoms with Gasteiger partial charge in [-0.15, -0.1) is 0 Å². The molecule has 2 saturated heterocycles. The molecule has 0 aromatic heterocycles. The molecule has 10 heteroatoms. The van der Waals surface area contributed by atoms with Crippen molar-refractivity contribution in [1.29, 1.82) is 0 Å². The van der Waals surface area contributed by atoms with Crippen LogP contribution in [0.1, 0.15) is 43.9 Å². The number of carbonyl (C=O) groups is 4. The number of allylic oxidation sites excluding steroid dienone is 1. The summed E-state index contributed by atoms with van der Waals surface area (Å²) in [5.74, 6) is -3.63. The van der Waals surface area contributed by atoms with Gasteiger partial charge in [-0.25, -0.2) is 0 Å². The third-order valence-electron chi connectivity index (χ3n) is 9.63. The second kappa shape index (κ2) is 13.2. The van der Waals surface area contributed by atoms with Crippen molar-refractivity contribution in [2.45, 2.75) is 63.1 Å². The predicted molar refractivity (Wildman–Crippen MR) is 169 cm³/mol. The lowest BCUT2D eigenvalue weighted by Crippen LogP contribution is -2.59. The summed E-state index contributed by atoms with van der Waals surface area (Å²) in [5.41, 5.74) is 0.271. The molecule has 4 aliphatic rings. The molecule has 2 N–H and O–H groups in total. The number of aliphatic hydroxyl groups is 1. The number of carbonyl (C=O) groups excluding carboxylic acids is 4. The molecule has 0 radical (unpaired) electrons. The fourth-order valence-corrected chi connectivity index (χ4v) is 7.32. The van der Waals surface area contributed by atoms with Gasteiger partial charge in [-0.3, -0.25) is 19.2 Å². The first-order valence-electron chi connectivity index (χ1n) is 16.0. The molecule has 46 heavy (non-hydrogen) atoms. The van der Waals surface area contributed by atoms with E-state index in [1.807, 2.05) is 86.7 Å². The van der Waals surface area contributed by atoms with Gasteiger partial charge in [-0.2, -0.15) is 0 Å². The molecule has 1 spiro atoms. The smallest absolute Gasteiger partial charge is 0.306 e. The molecular formula is C36H41N3O7. The van der Waals surface area contributed by atoms with E-state index < -0.39 is 59.5 Å². The molecule has 5 bridgehead atoms. The van der Waals surface area contributed by atoms with Crippen LogP contribution in [-0.2, 0) is 35.2 Å². The van der Waals surface area contributed by atoms with E-state index in [9.17, 15) is 24.3 Å². The van der Waals surface area contributed by atoms with Gasteiger partial charge >= 0.3 is 5.97 Å². The molecule has 6 rings (SSSR count). The van der Waals surface area contributed by atoms with Crippen LogP contribution in [0.5, 0.6) is 0 Å². The Labute approximate surface area is 269 Å². The number of aliphatic hydroxyl groups excluding tert-OH is 1. The number of amides is 3. The monoisotopic (exact) mass is 627 g/mol. The standard InChI is InChI=1S/C36H41N3O7/c1-23(2)27(21-40)39-32-35(44)38(20-24-12-6-3-7-13-24)19-11-5-10-16-29(41)45-22-26(25-14-8-4-9-15-25)37-33(42)30-28-17-18-36(32,46-28)31(30)34(39)43/h3-9,11-15,17-18,23,26-28,30-32,40H,10,16,19-22H2,1-2H3,(H,37,42)/b11-5-/t26-,27-,28-,30+,31+,32-,36+/m0/s1. The molecule has 4 heterocycles. The number of hydrogen-bond acceptors (Lipinski definition) is 7. The number of esters is 1. The van der Waals surface area contributed by atoms with Crippen molar-refractivity contribution in [2.75, 3.05) is 19.8 Å². The fourth-order valence-electron chi connectivity index (χ4n) is 7.32. The minimum atomic E-state index is -1.38. The first-order chi connectivity index (χ1) is 22.2. The van der Waals surface area contributed by atoms with E-state index in [0.717, 1.165) is 11.1 Å². The summed E-state index contributed by atoms with van der Waals surface area (Å²) in [4.78, 5) is 59.4. The largest absolute Gasteiger partial charge is 0.463 e. The Morgan fingerprint density at radius 1 is 0.978 bits per heavy atom. The topological polar surface area (TPSA) is 125 Å². The normalized spacial score (nSPS) is 31.2. The number of nitrogens with zero attached hydrogens (tertiary/aromatic N) is 2. The summed E-state index contributed by atoms with van der Waals surface area (Å²) in [7, 11) is 0. The number of cyclic esters (lactones) is 1. The van der Waals surface area contributed by atoms with Crippen molar-refractivity contribution in [2.24, 2.45) is 17.8 Å². The summed E-state index contributed by atoms with van der Waals surface area (Å²) < 4.78 is 12.2. The quantitative estimate of drug-likeness (QED) is 0.373. The van der Waals surface area contributed by atoms with Gasteiger partial charge in [0.25, 0.3) is 0 Å². The molecule has 0 saturated carbocycles. The van der Waals surface area contributed by atoms with Crippen LogP contribution in [-0.4, -0.2) is 82.1 Å². The summed E-state index contributed by atoms with van der Waals surface area (Å²) in [6.45, 7) is 3.87. The molecule has 0 unspecified atom stereocenters. The van der Waals surface area contributed by atoms with Crippen molar-refractivity contribution >= 4 is 23.7 Å². The van der Waals surface area contributed by atoms with Crippen LogP contribution in [0.2, 0.25) is 0 Å². The highest BCUT2D eigenvalue weighted by atomic mass is 16.5. The van der Waals surface area contributed by atoms with Crippen LogP contribution in [0.15, 0.2) is 85.0 Å². The molecule has 0 aliphatic carbocycles. The lowest BCUT2D eigenvalue weighted by molar-refractivity contribution is -0.152. The van der Waals surface area contributed by atoms with Crippen LogP contribution in [0.3, 0.4) is 0 Å². The number of rotatable bonds is 6. The Balaban J connectivity index is 1.43. The second-order valence-corrected chi connectivity index (χ2v) is 12.8. The van der Waals surface area contributed by atoms with Gasteiger partial charge in [0.05, 0.1) is 36.6 Å². The molecule has 242 valence electrons. The van der Waals surface area contributed by atoms with Gasteiger partial charge in [0.1, 0.15) is 18.2 Å². The maximum atomic E-state index is 14.8. The van der Waals surface area contributed by atoms with Crippen LogP contribution < -0.4 is 5.32 Å².